The van der Waals surface area contributed by atoms with Gasteiger partial charge in [-0.15, -0.1) is 0 Å². The van der Waals surface area contributed by atoms with Crippen LogP contribution in [0.15, 0.2) is 48.9 Å². The van der Waals surface area contributed by atoms with E-state index in [-0.39, 0.29) is 22.7 Å². The van der Waals surface area contributed by atoms with E-state index in [9.17, 15) is 22.0 Å². The Labute approximate surface area is 155 Å². The van der Waals surface area contributed by atoms with E-state index in [0.717, 1.165) is 10.7 Å². The van der Waals surface area contributed by atoms with Crippen LogP contribution in [0, 0.1) is 5.82 Å². The van der Waals surface area contributed by atoms with Crippen LogP contribution in [-0.4, -0.2) is 30.6 Å². The topological polar surface area (TPSA) is 48.0 Å². The van der Waals surface area contributed by atoms with Crippen LogP contribution in [0.5, 0.6) is 0 Å². The first-order valence-corrected chi connectivity index (χ1v) is 8.16. The van der Waals surface area contributed by atoms with Crippen molar-refractivity contribution in [2.75, 3.05) is 0 Å². The number of benzene rings is 1. The largest absolute Gasteiger partial charge is 0.323 e. The summed E-state index contributed by atoms with van der Waals surface area (Å²) in [6, 6.07) is 8.29. The van der Waals surface area contributed by atoms with Gasteiger partial charge < -0.3 is 4.57 Å². The molecule has 4 aromatic rings. The van der Waals surface area contributed by atoms with Crippen molar-refractivity contribution < 1.29 is 22.0 Å². The zero-order chi connectivity index (χ0) is 19.8. The predicted octanol–water partition coefficient (Wildman–Crippen LogP) is 4.60. The summed E-state index contributed by atoms with van der Waals surface area (Å²) >= 11 is 0. The van der Waals surface area contributed by atoms with Gasteiger partial charge >= 0.3 is 0 Å². The highest BCUT2D eigenvalue weighted by Crippen LogP contribution is 2.31. The van der Waals surface area contributed by atoms with Gasteiger partial charge in [0.2, 0.25) is 0 Å². The normalized spacial score (nSPS) is 11.8. The molecule has 10 heteroatoms. The third-order valence-corrected chi connectivity index (χ3v) is 4.14. The number of hydrogen-bond acceptors (Lipinski definition) is 3. The average Bonchev–Trinajstić information content (AvgIpc) is 3.25. The van der Waals surface area contributed by atoms with Gasteiger partial charge in [-0.05, 0) is 36.4 Å². The molecule has 3 heterocycles. The Hall–Kier alpha value is -3.30. The lowest BCUT2D eigenvalue weighted by atomic mass is 10.1. The summed E-state index contributed by atoms with van der Waals surface area (Å²) in [7, 11) is 0. The summed E-state index contributed by atoms with van der Waals surface area (Å²) in [5.74, 6) is -0.461. The second-order valence-electron chi connectivity index (χ2n) is 5.96. The van der Waals surface area contributed by atoms with Gasteiger partial charge in [0.05, 0.1) is 30.5 Å². The molecule has 0 spiro atoms. The van der Waals surface area contributed by atoms with Gasteiger partial charge in [0.1, 0.15) is 17.2 Å². The molecule has 0 aliphatic rings. The standard InChI is InChI=1S/C18H12F5N5/c19-11-3-1-10(2-4-11)16-17(27(9-25-16)8-14(20)21)12-5-6-15-24-7-13(18(22)23)28(15)26-12/h1-7,9,14,18H,8H2. The van der Waals surface area contributed by atoms with Gasteiger partial charge in [-0.2, -0.15) is 5.10 Å². The Balaban J connectivity index is 1.92. The molecule has 0 radical (unpaired) electrons. The van der Waals surface area contributed by atoms with Gasteiger partial charge in [0.15, 0.2) is 5.65 Å². The Morgan fingerprint density at radius 3 is 2.36 bits per heavy atom. The fourth-order valence-corrected chi connectivity index (χ4v) is 2.92. The smallest absolute Gasteiger partial charge is 0.282 e. The molecule has 0 N–H and O–H groups in total. The van der Waals surface area contributed by atoms with E-state index in [2.05, 4.69) is 15.1 Å². The molecule has 4 rings (SSSR count). The number of fused-ring (bicyclic) bond motifs is 1. The lowest BCUT2D eigenvalue weighted by Gasteiger charge is -2.10. The molecule has 0 amide bonds. The monoisotopic (exact) mass is 393 g/mol. The highest BCUT2D eigenvalue weighted by Gasteiger charge is 2.21. The van der Waals surface area contributed by atoms with Crippen molar-refractivity contribution in [2.24, 2.45) is 0 Å². The molecule has 0 saturated heterocycles. The molecule has 0 bridgehead atoms. The fraction of sp³-hybridized carbons (Fsp3) is 0.167. The fourth-order valence-electron chi connectivity index (χ4n) is 2.92. The minimum Gasteiger partial charge on any atom is -0.323 e. The summed E-state index contributed by atoms with van der Waals surface area (Å²) in [5.41, 5.74) is 0.909. The lowest BCUT2D eigenvalue weighted by molar-refractivity contribution is 0.127. The first kappa shape index (κ1) is 18.1. The van der Waals surface area contributed by atoms with Crippen molar-refractivity contribution in [3.05, 3.63) is 60.4 Å². The van der Waals surface area contributed by atoms with Gasteiger partial charge in [0, 0.05) is 5.56 Å². The van der Waals surface area contributed by atoms with E-state index < -0.39 is 30.9 Å². The number of imidazole rings is 2. The highest BCUT2D eigenvalue weighted by atomic mass is 19.3. The van der Waals surface area contributed by atoms with Crippen molar-refractivity contribution in [3.8, 4) is 22.6 Å². The maximum Gasteiger partial charge on any atom is 0.282 e. The van der Waals surface area contributed by atoms with Crippen molar-refractivity contribution >= 4 is 5.65 Å². The molecule has 3 aromatic heterocycles. The molecule has 0 saturated carbocycles. The summed E-state index contributed by atoms with van der Waals surface area (Å²) in [6.45, 7) is -0.658. The zero-order valence-corrected chi connectivity index (χ0v) is 14.1. The van der Waals surface area contributed by atoms with E-state index in [1.807, 2.05) is 0 Å². The van der Waals surface area contributed by atoms with E-state index in [4.69, 9.17) is 0 Å². The van der Waals surface area contributed by atoms with Crippen molar-refractivity contribution in [1.82, 2.24) is 24.1 Å². The molecule has 0 aliphatic carbocycles. The first-order valence-electron chi connectivity index (χ1n) is 8.16. The van der Waals surface area contributed by atoms with Crippen LogP contribution >= 0.6 is 0 Å². The molecule has 0 atom stereocenters. The third kappa shape index (κ3) is 3.21. The number of alkyl halides is 4. The summed E-state index contributed by atoms with van der Waals surface area (Å²) in [6.07, 6.45) is -3.25. The van der Waals surface area contributed by atoms with E-state index in [1.165, 1.54) is 47.3 Å². The van der Waals surface area contributed by atoms with Gasteiger partial charge in [-0.3, -0.25) is 0 Å². The summed E-state index contributed by atoms with van der Waals surface area (Å²) in [4.78, 5) is 8.02. The number of nitrogens with zero attached hydrogens (tertiary/aromatic N) is 5. The summed E-state index contributed by atoms with van der Waals surface area (Å²) in [5, 5.41) is 4.16. The van der Waals surface area contributed by atoms with Crippen molar-refractivity contribution in [2.45, 2.75) is 19.4 Å². The predicted molar refractivity (Wildman–Crippen MR) is 90.6 cm³/mol. The van der Waals surface area contributed by atoms with Crippen LogP contribution in [0.3, 0.4) is 0 Å². The van der Waals surface area contributed by atoms with Crippen LogP contribution in [0.2, 0.25) is 0 Å². The molecule has 0 aliphatic heterocycles. The molecular formula is C18H12F5N5. The Bertz CT molecular complexity index is 1120. The van der Waals surface area contributed by atoms with Gasteiger partial charge in [-0.1, -0.05) is 0 Å². The molecule has 28 heavy (non-hydrogen) atoms. The van der Waals surface area contributed by atoms with Crippen molar-refractivity contribution in [1.29, 1.82) is 0 Å². The van der Waals surface area contributed by atoms with Crippen LogP contribution in [0.1, 0.15) is 12.1 Å². The molecule has 144 valence electrons. The lowest BCUT2D eigenvalue weighted by Crippen LogP contribution is -2.09. The average molecular weight is 393 g/mol. The van der Waals surface area contributed by atoms with Crippen LogP contribution < -0.4 is 0 Å². The van der Waals surface area contributed by atoms with Gasteiger partial charge in [-0.25, -0.2) is 36.4 Å². The SMILES string of the molecule is Fc1ccc(-c2ncn(CC(F)F)c2-c2ccc3ncc(C(F)F)n3n2)cc1. The Kier molecular flexibility index (Phi) is 4.54. The van der Waals surface area contributed by atoms with Crippen LogP contribution in [0.4, 0.5) is 22.0 Å². The van der Waals surface area contributed by atoms with Gasteiger partial charge in [0.25, 0.3) is 12.9 Å². The van der Waals surface area contributed by atoms with E-state index in [1.54, 1.807) is 0 Å². The Morgan fingerprint density at radius 2 is 1.68 bits per heavy atom. The maximum absolute atomic E-state index is 13.2. The molecule has 0 fully saturated rings. The third-order valence-electron chi connectivity index (χ3n) is 4.14. The minimum absolute atomic E-state index is 0.157. The number of rotatable bonds is 5. The molecular weight excluding hydrogens is 381 g/mol. The minimum atomic E-state index is -2.81. The second-order valence-corrected chi connectivity index (χ2v) is 5.96. The van der Waals surface area contributed by atoms with E-state index >= 15 is 0 Å². The number of aromatic nitrogens is 5. The van der Waals surface area contributed by atoms with E-state index in [0.29, 0.717) is 5.56 Å². The maximum atomic E-state index is 13.2. The second kappa shape index (κ2) is 7.02. The Morgan fingerprint density at radius 1 is 0.929 bits per heavy atom. The summed E-state index contributed by atoms with van der Waals surface area (Å²) < 4.78 is 67.8. The van der Waals surface area contributed by atoms with Crippen LogP contribution in [0.25, 0.3) is 28.3 Å². The number of halogens is 5. The first-order chi connectivity index (χ1) is 13.4. The highest BCUT2D eigenvalue weighted by molar-refractivity contribution is 5.77. The quantitative estimate of drug-likeness (QED) is 0.466. The van der Waals surface area contributed by atoms with Crippen molar-refractivity contribution in [3.63, 3.8) is 0 Å². The molecule has 1 aromatic carbocycles. The zero-order valence-electron chi connectivity index (χ0n) is 14.1. The number of hydrogen-bond donors (Lipinski definition) is 0. The molecule has 0 unspecified atom stereocenters. The molecule has 5 nitrogen and oxygen atoms in total. The van der Waals surface area contributed by atoms with Crippen LogP contribution in [-0.2, 0) is 6.54 Å².